The molecule has 0 radical (unpaired) electrons. The number of nitrogens with two attached hydrogens (primary N) is 1. The summed E-state index contributed by atoms with van der Waals surface area (Å²) in [7, 11) is 1.68. The van der Waals surface area contributed by atoms with Gasteiger partial charge >= 0.3 is 0 Å². The fourth-order valence-corrected chi connectivity index (χ4v) is 1.36. The highest BCUT2D eigenvalue weighted by molar-refractivity contribution is 5.77. The van der Waals surface area contributed by atoms with Gasteiger partial charge in [0.1, 0.15) is 0 Å². The highest BCUT2D eigenvalue weighted by Gasteiger charge is 2.23. The summed E-state index contributed by atoms with van der Waals surface area (Å²) in [6, 6.07) is 0. The van der Waals surface area contributed by atoms with Crippen molar-refractivity contribution in [3.8, 4) is 0 Å². The molecule has 1 heterocycles. The van der Waals surface area contributed by atoms with Gasteiger partial charge in [0.25, 0.3) is 0 Å². The van der Waals surface area contributed by atoms with E-state index in [-0.39, 0.29) is 0 Å². The monoisotopic (exact) mass is 171 g/mol. The van der Waals surface area contributed by atoms with Gasteiger partial charge in [-0.25, -0.2) is 0 Å². The van der Waals surface area contributed by atoms with Crippen LogP contribution in [0.25, 0.3) is 0 Å². The van der Waals surface area contributed by atoms with Crippen LogP contribution < -0.4 is 11.1 Å². The Hall–Kier alpha value is -0.770. The van der Waals surface area contributed by atoms with E-state index in [0.29, 0.717) is 18.0 Å². The standard InChI is InChI=1S/C8H17N3O/c1-6-7(3-4-12-6)5-11-8(9)10-2/h6-7H,3-5H2,1-2H3,(H3,9,10,11). The molecule has 70 valence electrons. The second-order valence-electron chi connectivity index (χ2n) is 3.11. The first kappa shape index (κ1) is 9.32. The molecule has 4 nitrogen and oxygen atoms in total. The van der Waals surface area contributed by atoms with E-state index >= 15 is 0 Å². The molecule has 0 spiro atoms. The van der Waals surface area contributed by atoms with Crippen molar-refractivity contribution in [1.82, 2.24) is 5.32 Å². The van der Waals surface area contributed by atoms with Crippen molar-refractivity contribution in [2.45, 2.75) is 19.4 Å². The molecule has 0 aliphatic carbocycles. The fourth-order valence-electron chi connectivity index (χ4n) is 1.36. The number of nitrogens with one attached hydrogen (secondary N) is 1. The minimum Gasteiger partial charge on any atom is -0.378 e. The number of aliphatic imine (C=N–C) groups is 1. The van der Waals surface area contributed by atoms with Crippen LogP contribution in [0, 0.1) is 5.92 Å². The van der Waals surface area contributed by atoms with Crippen molar-refractivity contribution < 1.29 is 4.74 Å². The minimum atomic E-state index is 0.349. The van der Waals surface area contributed by atoms with Gasteiger partial charge in [0, 0.05) is 26.1 Å². The van der Waals surface area contributed by atoms with E-state index in [9.17, 15) is 0 Å². The Morgan fingerprint density at radius 2 is 2.50 bits per heavy atom. The average molecular weight is 171 g/mol. The summed E-state index contributed by atoms with van der Waals surface area (Å²) in [5.41, 5.74) is 5.49. The van der Waals surface area contributed by atoms with Gasteiger partial charge in [0.05, 0.1) is 6.10 Å². The number of hydrogen-bond acceptors (Lipinski definition) is 2. The third-order valence-electron chi connectivity index (χ3n) is 2.32. The zero-order valence-electron chi connectivity index (χ0n) is 7.71. The molecule has 0 aromatic rings. The smallest absolute Gasteiger partial charge is 0.188 e. The van der Waals surface area contributed by atoms with Crippen LogP contribution in [0.5, 0.6) is 0 Å². The quantitative estimate of drug-likeness (QED) is 0.452. The lowest BCUT2D eigenvalue weighted by atomic mass is 10.0. The van der Waals surface area contributed by atoms with Gasteiger partial charge in [-0.1, -0.05) is 0 Å². The van der Waals surface area contributed by atoms with Crippen molar-refractivity contribution in [3.63, 3.8) is 0 Å². The highest BCUT2D eigenvalue weighted by atomic mass is 16.5. The maximum Gasteiger partial charge on any atom is 0.188 e. The molecule has 0 amide bonds. The van der Waals surface area contributed by atoms with Crippen LogP contribution in [-0.2, 0) is 4.74 Å². The van der Waals surface area contributed by atoms with Gasteiger partial charge in [0.2, 0.25) is 0 Å². The molecule has 1 aliphatic rings. The largest absolute Gasteiger partial charge is 0.378 e. The first-order chi connectivity index (χ1) is 5.74. The van der Waals surface area contributed by atoms with Gasteiger partial charge < -0.3 is 15.8 Å². The Morgan fingerprint density at radius 3 is 3.00 bits per heavy atom. The summed E-state index contributed by atoms with van der Waals surface area (Å²) in [4.78, 5) is 3.82. The molecule has 3 N–H and O–H groups in total. The summed E-state index contributed by atoms with van der Waals surface area (Å²) >= 11 is 0. The zero-order valence-corrected chi connectivity index (χ0v) is 7.71. The molecule has 0 saturated carbocycles. The van der Waals surface area contributed by atoms with Crippen LogP contribution in [0.1, 0.15) is 13.3 Å². The van der Waals surface area contributed by atoms with Crippen LogP contribution in [0.15, 0.2) is 4.99 Å². The second kappa shape index (κ2) is 4.30. The average Bonchev–Trinajstić information content (AvgIpc) is 2.47. The molecule has 1 saturated heterocycles. The van der Waals surface area contributed by atoms with E-state index < -0.39 is 0 Å². The Labute approximate surface area is 73.2 Å². The van der Waals surface area contributed by atoms with Crippen molar-refractivity contribution in [2.75, 3.05) is 20.2 Å². The lowest BCUT2D eigenvalue weighted by Crippen LogP contribution is -2.36. The van der Waals surface area contributed by atoms with Gasteiger partial charge in [-0.05, 0) is 13.3 Å². The number of guanidine groups is 1. The van der Waals surface area contributed by atoms with Crippen molar-refractivity contribution in [3.05, 3.63) is 0 Å². The normalized spacial score (nSPS) is 30.7. The molecule has 1 aliphatic heterocycles. The Kier molecular flexibility index (Phi) is 3.34. The van der Waals surface area contributed by atoms with Crippen LogP contribution in [0.3, 0.4) is 0 Å². The van der Waals surface area contributed by atoms with Crippen LogP contribution in [0.2, 0.25) is 0 Å². The molecule has 4 heteroatoms. The fraction of sp³-hybridized carbons (Fsp3) is 0.875. The summed E-state index contributed by atoms with van der Waals surface area (Å²) < 4.78 is 5.41. The summed E-state index contributed by atoms with van der Waals surface area (Å²) in [5, 5.41) is 3.05. The van der Waals surface area contributed by atoms with Crippen molar-refractivity contribution >= 4 is 5.96 Å². The molecule has 0 bridgehead atoms. The first-order valence-electron chi connectivity index (χ1n) is 4.31. The Bertz CT molecular complexity index is 170. The van der Waals surface area contributed by atoms with E-state index in [1.807, 2.05) is 0 Å². The van der Waals surface area contributed by atoms with Gasteiger partial charge in [-0.2, -0.15) is 0 Å². The molecule has 0 aromatic carbocycles. The maximum atomic E-state index is 5.49. The second-order valence-corrected chi connectivity index (χ2v) is 3.11. The summed E-state index contributed by atoms with van der Waals surface area (Å²) in [5.74, 6) is 1.08. The van der Waals surface area contributed by atoms with Gasteiger partial charge in [-0.15, -0.1) is 0 Å². The lowest BCUT2D eigenvalue weighted by molar-refractivity contribution is 0.106. The van der Waals surface area contributed by atoms with Crippen LogP contribution >= 0.6 is 0 Å². The van der Waals surface area contributed by atoms with Gasteiger partial charge in [0.15, 0.2) is 5.96 Å². The SMILES string of the molecule is CN=C(N)NCC1CCOC1C. The minimum absolute atomic E-state index is 0.349. The van der Waals surface area contributed by atoms with Crippen molar-refractivity contribution in [2.24, 2.45) is 16.6 Å². The zero-order chi connectivity index (χ0) is 8.97. The third-order valence-corrected chi connectivity index (χ3v) is 2.32. The van der Waals surface area contributed by atoms with Crippen molar-refractivity contribution in [1.29, 1.82) is 0 Å². The number of ether oxygens (including phenoxy) is 1. The van der Waals surface area contributed by atoms with Crippen LogP contribution in [0.4, 0.5) is 0 Å². The summed E-state index contributed by atoms with van der Waals surface area (Å²) in [6.07, 6.45) is 1.47. The molecule has 1 fully saturated rings. The van der Waals surface area contributed by atoms with E-state index in [0.717, 1.165) is 19.6 Å². The number of rotatable bonds is 2. The Morgan fingerprint density at radius 1 is 1.75 bits per heavy atom. The van der Waals surface area contributed by atoms with E-state index in [1.165, 1.54) is 0 Å². The number of hydrogen-bond donors (Lipinski definition) is 2. The molecular weight excluding hydrogens is 154 g/mol. The highest BCUT2D eigenvalue weighted by Crippen LogP contribution is 2.18. The number of nitrogens with zero attached hydrogens (tertiary/aromatic N) is 1. The predicted octanol–water partition coefficient (Wildman–Crippen LogP) is -0.0545. The molecule has 0 aromatic heterocycles. The Balaban J connectivity index is 2.22. The third kappa shape index (κ3) is 2.37. The lowest BCUT2D eigenvalue weighted by Gasteiger charge is -2.14. The molecule has 2 unspecified atom stereocenters. The topological polar surface area (TPSA) is 59.6 Å². The van der Waals surface area contributed by atoms with E-state index in [2.05, 4.69) is 17.2 Å². The van der Waals surface area contributed by atoms with Crippen LogP contribution in [-0.4, -0.2) is 32.3 Å². The maximum absolute atomic E-state index is 5.49. The van der Waals surface area contributed by atoms with E-state index in [4.69, 9.17) is 10.5 Å². The molecule has 2 atom stereocenters. The van der Waals surface area contributed by atoms with E-state index in [1.54, 1.807) is 7.05 Å². The first-order valence-corrected chi connectivity index (χ1v) is 4.31. The van der Waals surface area contributed by atoms with Gasteiger partial charge in [-0.3, -0.25) is 4.99 Å². The molecule has 1 rings (SSSR count). The summed E-state index contributed by atoms with van der Waals surface area (Å²) in [6.45, 7) is 3.83. The predicted molar refractivity (Wildman–Crippen MR) is 49.1 cm³/mol. The molecule has 12 heavy (non-hydrogen) atoms. The molecular formula is C8H17N3O.